The first kappa shape index (κ1) is 18.9. The van der Waals surface area contributed by atoms with Crippen LogP contribution in [0.1, 0.15) is 12.5 Å². The van der Waals surface area contributed by atoms with E-state index in [1.165, 1.54) is 5.56 Å². The van der Waals surface area contributed by atoms with Crippen molar-refractivity contribution in [1.82, 2.24) is 21.1 Å². The van der Waals surface area contributed by atoms with Crippen LogP contribution >= 0.6 is 24.4 Å². The summed E-state index contributed by atoms with van der Waals surface area (Å²) in [5.74, 6) is 0. The molecule has 2 rings (SSSR count). The second-order valence-electron chi connectivity index (χ2n) is 5.42. The summed E-state index contributed by atoms with van der Waals surface area (Å²) in [6.07, 6.45) is 0.945. The van der Waals surface area contributed by atoms with Gasteiger partial charge in [-0.1, -0.05) is 25.1 Å². The molecule has 4 N–H and O–H groups in total. The third-order valence-electron chi connectivity index (χ3n) is 3.75. The van der Waals surface area contributed by atoms with Crippen molar-refractivity contribution in [2.45, 2.75) is 13.3 Å². The number of para-hydroxylation sites is 1. The van der Waals surface area contributed by atoms with Gasteiger partial charge in [-0.25, -0.2) is 0 Å². The van der Waals surface area contributed by atoms with Crippen LogP contribution in [0.15, 0.2) is 24.3 Å². The lowest BCUT2D eigenvalue weighted by Crippen LogP contribution is -2.50. The molecule has 0 bridgehead atoms. The van der Waals surface area contributed by atoms with Crippen molar-refractivity contribution in [2.75, 3.05) is 44.7 Å². The predicted octanol–water partition coefficient (Wildman–Crippen LogP) is 1.25. The molecule has 0 radical (unpaired) electrons. The van der Waals surface area contributed by atoms with Gasteiger partial charge in [-0.3, -0.25) is 15.8 Å². The molecule has 1 aromatic carbocycles. The average Bonchev–Trinajstić information content (AvgIpc) is 2.61. The Balaban J connectivity index is 1.63. The molecule has 24 heavy (non-hydrogen) atoms. The fourth-order valence-corrected chi connectivity index (χ4v) is 2.73. The van der Waals surface area contributed by atoms with Gasteiger partial charge >= 0.3 is 0 Å². The van der Waals surface area contributed by atoms with Crippen molar-refractivity contribution in [2.24, 2.45) is 0 Å². The number of nitrogens with zero attached hydrogens (tertiary/aromatic N) is 1. The lowest BCUT2D eigenvalue weighted by atomic mass is 10.1. The number of morpholine rings is 1. The Labute approximate surface area is 154 Å². The van der Waals surface area contributed by atoms with E-state index in [2.05, 4.69) is 39.4 Å². The summed E-state index contributed by atoms with van der Waals surface area (Å²) in [4.78, 5) is 2.35. The highest BCUT2D eigenvalue weighted by atomic mass is 32.1. The van der Waals surface area contributed by atoms with Gasteiger partial charge in [0.05, 0.1) is 13.2 Å². The number of aryl methyl sites for hydroxylation is 1. The lowest BCUT2D eigenvalue weighted by Gasteiger charge is -2.26. The number of hydrogen-bond donors (Lipinski definition) is 4. The molecule has 0 spiro atoms. The molecule has 1 saturated heterocycles. The number of thiocarbonyl (C=S) groups is 2. The lowest BCUT2D eigenvalue weighted by molar-refractivity contribution is 0.0389. The van der Waals surface area contributed by atoms with Crippen LogP contribution in [0.2, 0.25) is 0 Å². The number of benzene rings is 1. The van der Waals surface area contributed by atoms with Gasteiger partial charge in [-0.2, -0.15) is 0 Å². The molecule has 1 fully saturated rings. The maximum Gasteiger partial charge on any atom is 0.189 e. The van der Waals surface area contributed by atoms with Crippen molar-refractivity contribution in [3.05, 3.63) is 29.8 Å². The van der Waals surface area contributed by atoms with Crippen molar-refractivity contribution < 1.29 is 4.74 Å². The number of nitrogens with one attached hydrogen (secondary N) is 4. The van der Waals surface area contributed by atoms with Gasteiger partial charge in [-0.05, 0) is 42.5 Å². The highest BCUT2D eigenvalue weighted by molar-refractivity contribution is 7.80. The van der Waals surface area contributed by atoms with Crippen molar-refractivity contribution in [1.29, 1.82) is 0 Å². The molecule has 1 aliphatic heterocycles. The van der Waals surface area contributed by atoms with Crippen LogP contribution in [0.3, 0.4) is 0 Å². The van der Waals surface area contributed by atoms with E-state index < -0.39 is 0 Å². The first-order chi connectivity index (χ1) is 11.7. The molecular formula is C16H25N5OS2. The molecular weight excluding hydrogens is 342 g/mol. The van der Waals surface area contributed by atoms with E-state index in [0.29, 0.717) is 10.2 Å². The number of rotatable bonds is 5. The Morgan fingerprint density at radius 1 is 1.12 bits per heavy atom. The van der Waals surface area contributed by atoms with Crippen molar-refractivity contribution in [3.8, 4) is 0 Å². The fraction of sp³-hybridized carbons (Fsp3) is 0.500. The van der Waals surface area contributed by atoms with Crippen molar-refractivity contribution in [3.63, 3.8) is 0 Å². The predicted molar refractivity (Wildman–Crippen MR) is 106 cm³/mol. The molecule has 8 heteroatoms. The minimum Gasteiger partial charge on any atom is -0.379 e. The maximum absolute atomic E-state index is 5.33. The Kier molecular flexibility index (Phi) is 8.17. The van der Waals surface area contributed by atoms with Crippen molar-refractivity contribution >= 4 is 40.3 Å². The zero-order valence-corrected chi connectivity index (χ0v) is 15.6. The van der Waals surface area contributed by atoms with E-state index in [1.54, 1.807) is 0 Å². The molecule has 1 aromatic rings. The van der Waals surface area contributed by atoms with Gasteiger partial charge in [-0.15, -0.1) is 0 Å². The summed E-state index contributed by atoms with van der Waals surface area (Å²) in [6, 6.07) is 8.09. The minimum atomic E-state index is 0.480. The van der Waals surface area contributed by atoms with Gasteiger partial charge in [0.2, 0.25) is 0 Å². The Morgan fingerprint density at radius 2 is 1.83 bits per heavy atom. The number of ether oxygens (including phenoxy) is 1. The molecule has 1 heterocycles. The molecule has 1 aliphatic rings. The molecule has 0 atom stereocenters. The van der Waals surface area contributed by atoms with Gasteiger partial charge in [0.15, 0.2) is 10.2 Å². The quantitative estimate of drug-likeness (QED) is 0.458. The Morgan fingerprint density at radius 3 is 2.58 bits per heavy atom. The second kappa shape index (κ2) is 10.4. The number of hydrogen-bond acceptors (Lipinski definition) is 4. The second-order valence-corrected chi connectivity index (χ2v) is 6.24. The smallest absolute Gasteiger partial charge is 0.189 e. The highest BCUT2D eigenvalue weighted by Gasteiger charge is 2.09. The standard InChI is InChI=1S/C16H25N5OS2/c1-2-13-5-3-4-6-14(13)18-16(24)20-19-15(23)17-7-8-21-9-11-22-12-10-21/h3-6H,2,7-12H2,1H3,(H2,17,19,23)(H2,18,20,24). The third-order valence-corrected chi connectivity index (χ3v) is 4.20. The zero-order chi connectivity index (χ0) is 17.2. The Bertz CT molecular complexity index is 549. The van der Waals surface area contributed by atoms with Gasteiger partial charge in [0.1, 0.15) is 0 Å². The molecule has 132 valence electrons. The Hall–Kier alpha value is -1.48. The number of hydrazine groups is 1. The van der Waals surface area contributed by atoms with E-state index in [4.69, 9.17) is 29.2 Å². The van der Waals surface area contributed by atoms with E-state index in [0.717, 1.165) is 51.5 Å². The molecule has 6 nitrogen and oxygen atoms in total. The van der Waals surface area contributed by atoms with E-state index in [9.17, 15) is 0 Å². The average molecular weight is 368 g/mol. The van der Waals surface area contributed by atoms with Crippen LogP contribution < -0.4 is 21.5 Å². The first-order valence-corrected chi connectivity index (χ1v) is 8.99. The van der Waals surface area contributed by atoms with Gasteiger partial charge in [0, 0.05) is 31.9 Å². The minimum absolute atomic E-state index is 0.480. The van der Waals surface area contributed by atoms with Crippen LogP contribution in [0.25, 0.3) is 0 Å². The van der Waals surface area contributed by atoms with Crippen LogP contribution in [-0.4, -0.2) is 54.5 Å². The van der Waals surface area contributed by atoms with Crippen LogP contribution in [0, 0.1) is 0 Å². The van der Waals surface area contributed by atoms with Gasteiger partial charge in [0.25, 0.3) is 0 Å². The topological polar surface area (TPSA) is 60.6 Å². The molecule has 0 aromatic heterocycles. The van der Waals surface area contributed by atoms with Crippen LogP contribution in [0.4, 0.5) is 5.69 Å². The molecule has 0 saturated carbocycles. The largest absolute Gasteiger partial charge is 0.379 e. The van der Waals surface area contributed by atoms with E-state index >= 15 is 0 Å². The molecule has 0 unspecified atom stereocenters. The molecule has 0 amide bonds. The number of anilines is 1. The molecule has 0 aliphatic carbocycles. The first-order valence-electron chi connectivity index (χ1n) is 8.18. The van der Waals surface area contributed by atoms with E-state index in [1.807, 2.05) is 18.2 Å². The van der Waals surface area contributed by atoms with Crippen LogP contribution in [0.5, 0.6) is 0 Å². The summed E-state index contributed by atoms with van der Waals surface area (Å²) >= 11 is 10.5. The summed E-state index contributed by atoms with van der Waals surface area (Å²) in [6.45, 7) is 7.41. The monoisotopic (exact) mass is 367 g/mol. The van der Waals surface area contributed by atoms with Gasteiger partial charge < -0.3 is 15.4 Å². The SMILES string of the molecule is CCc1ccccc1NC(=S)NNC(=S)NCCN1CCOCC1. The normalized spacial score (nSPS) is 14.7. The summed E-state index contributed by atoms with van der Waals surface area (Å²) in [5, 5.41) is 7.34. The maximum atomic E-state index is 5.33. The van der Waals surface area contributed by atoms with Crippen LogP contribution in [-0.2, 0) is 11.2 Å². The van der Waals surface area contributed by atoms with E-state index in [-0.39, 0.29) is 0 Å². The summed E-state index contributed by atoms with van der Waals surface area (Å²) < 4.78 is 5.33. The third kappa shape index (κ3) is 6.56. The fourth-order valence-electron chi connectivity index (χ4n) is 2.41. The summed E-state index contributed by atoms with van der Waals surface area (Å²) in [5.41, 5.74) is 8.03. The summed E-state index contributed by atoms with van der Waals surface area (Å²) in [7, 11) is 0. The highest BCUT2D eigenvalue weighted by Crippen LogP contribution is 2.14. The zero-order valence-electron chi connectivity index (χ0n) is 13.9.